The molecule has 0 aromatic carbocycles. The highest BCUT2D eigenvalue weighted by Gasteiger charge is 2.20. The normalized spacial score (nSPS) is 19.5. The topological polar surface area (TPSA) is 64.5 Å². The van der Waals surface area contributed by atoms with Gasteiger partial charge in [-0.05, 0) is 20.4 Å². The first-order valence-corrected chi connectivity index (χ1v) is 7.66. The zero-order chi connectivity index (χ0) is 15.3. The van der Waals surface area contributed by atoms with Crippen molar-refractivity contribution < 1.29 is 5.11 Å². The number of aliphatic hydroxyl groups excluding tert-OH is 1. The molecule has 2 rings (SSSR count). The molecule has 2 heterocycles. The van der Waals surface area contributed by atoms with Crippen LogP contribution in [0.15, 0.2) is 12.4 Å². The molecule has 1 aromatic rings. The standard InChI is InChI=1S/C15H27N5O/c1-4-15(2,12-21)18-11-13-9-16-14(17-10-13)20-7-5-19(3)6-8-20/h9-10,18,21H,4-8,11-12H2,1-3H3. The minimum Gasteiger partial charge on any atom is -0.394 e. The van der Waals surface area contributed by atoms with Crippen LogP contribution in [-0.4, -0.2) is 65.3 Å². The van der Waals surface area contributed by atoms with Gasteiger partial charge in [0.05, 0.1) is 6.61 Å². The second-order valence-corrected chi connectivity index (χ2v) is 6.11. The molecule has 1 aromatic heterocycles. The summed E-state index contributed by atoms with van der Waals surface area (Å²) in [6.45, 7) is 8.95. The number of nitrogens with zero attached hydrogens (tertiary/aromatic N) is 4. The molecule has 1 unspecified atom stereocenters. The van der Waals surface area contributed by atoms with Crippen LogP contribution >= 0.6 is 0 Å². The van der Waals surface area contributed by atoms with E-state index in [2.05, 4.69) is 39.1 Å². The van der Waals surface area contributed by atoms with Crippen molar-refractivity contribution in [2.45, 2.75) is 32.4 Å². The maximum atomic E-state index is 9.39. The fourth-order valence-electron chi connectivity index (χ4n) is 2.22. The fraction of sp³-hybridized carbons (Fsp3) is 0.733. The molecular weight excluding hydrogens is 266 g/mol. The van der Waals surface area contributed by atoms with Crippen LogP contribution in [0, 0.1) is 0 Å². The van der Waals surface area contributed by atoms with Gasteiger partial charge in [-0.3, -0.25) is 0 Å². The molecule has 6 nitrogen and oxygen atoms in total. The second kappa shape index (κ2) is 7.15. The number of piperazine rings is 1. The number of aliphatic hydroxyl groups is 1. The van der Waals surface area contributed by atoms with Gasteiger partial charge in [-0.1, -0.05) is 6.92 Å². The second-order valence-electron chi connectivity index (χ2n) is 6.11. The Hall–Kier alpha value is -1.24. The van der Waals surface area contributed by atoms with E-state index in [4.69, 9.17) is 0 Å². The summed E-state index contributed by atoms with van der Waals surface area (Å²) < 4.78 is 0. The van der Waals surface area contributed by atoms with E-state index >= 15 is 0 Å². The van der Waals surface area contributed by atoms with E-state index in [1.165, 1.54) is 0 Å². The average molecular weight is 293 g/mol. The predicted octanol–water partition coefficient (Wildman–Crippen LogP) is 0.479. The van der Waals surface area contributed by atoms with Crippen molar-refractivity contribution in [2.75, 3.05) is 44.7 Å². The highest BCUT2D eigenvalue weighted by molar-refractivity contribution is 5.30. The smallest absolute Gasteiger partial charge is 0.225 e. The molecule has 0 aliphatic carbocycles. The molecule has 0 radical (unpaired) electrons. The van der Waals surface area contributed by atoms with E-state index < -0.39 is 0 Å². The van der Waals surface area contributed by atoms with Gasteiger partial charge in [-0.2, -0.15) is 0 Å². The first-order valence-electron chi connectivity index (χ1n) is 7.66. The monoisotopic (exact) mass is 293 g/mol. The van der Waals surface area contributed by atoms with Crippen molar-refractivity contribution >= 4 is 5.95 Å². The number of nitrogens with one attached hydrogen (secondary N) is 1. The Balaban J connectivity index is 1.90. The minimum atomic E-state index is -0.240. The van der Waals surface area contributed by atoms with Gasteiger partial charge in [0.1, 0.15) is 0 Å². The zero-order valence-corrected chi connectivity index (χ0v) is 13.3. The molecule has 0 spiro atoms. The molecule has 0 amide bonds. The lowest BCUT2D eigenvalue weighted by molar-refractivity contribution is 0.169. The lowest BCUT2D eigenvalue weighted by Crippen LogP contribution is -2.45. The molecule has 0 bridgehead atoms. The van der Waals surface area contributed by atoms with Gasteiger partial charge >= 0.3 is 0 Å². The van der Waals surface area contributed by atoms with Crippen LogP contribution in [0.25, 0.3) is 0 Å². The van der Waals surface area contributed by atoms with Gasteiger partial charge in [-0.15, -0.1) is 0 Å². The highest BCUT2D eigenvalue weighted by Crippen LogP contribution is 2.12. The van der Waals surface area contributed by atoms with E-state index in [1.54, 1.807) is 0 Å². The van der Waals surface area contributed by atoms with Crippen LogP contribution in [0.5, 0.6) is 0 Å². The van der Waals surface area contributed by atoms with Crippen LogP contribution in [0.4, 0.5) is 5.95 Å². The lowest BCUT2D eigenvalue weighted by atomic mass is 10.0. The highest BCUT2D eigenvalue weighted by atomic mass is 16.3. The summed E-state index contributed by atoms with van der Waals surface area (Å²) in [7, 11) is 2.14. The van der Waals surface area contributed by atoms with E-state index in [1.807, 2.05) is 19.3 Å². The van der Waals surface area contributed by atoms with Crippen LogP contribution in [0.2, 0.25) is 0 Å². The van der Waals surface area contributed by atoms with Gasteiger partial charge in [0.2, 0.25) is 5.95 Å². The summed E-state index contributed by atoms with van der Waals surface area (Å²) in [5, 5.41) is 12.8. The maximum absolute atomic E-state index is 9.39. The first-order chi connectivity index (χ1) is 10.1. The molecule has 21 heavy (non-hydrogen) atoms. The van der Waals surface area contributed by atoms with Crippen molar-refractivity contribution in [3.63, 3.8) is 0 Å². The summed E-state index contributed by atoms with van der Waals surface area (Å²) >= 11 is 0. The van der Waals surface area contributed by atoms with Crippen LogP contribution in [-0.2, 0) is 6.54 Å². The van der Waals surface area contributed by atoms with Gasteiger partial charge in [0, 0.05) is 56.2 Å². The van der Waals surface area contributed by atoms with E-state index in [9.17, 15) is 5.11 Å². The summed E-state index contributed by atoms with van der Waals surface area (Å²) in [6, 6.07) is 0. The van der Waals surface area contributed by atoms with E-state index in [0.29, 0.717) is 6.54 Å². The summed E-state index contributed by atoms with van der Waals surface area (Å²) in [6.07, 6.45) is 4.63. The molecule has 6 heteroatoms. The van der Waals surface area contributed by atoms with Crippen LogP contribution < -0.4 is 10.2 Å². The number of likely N-dealkylation sites (N-methyl/N-ethyl adjacent to an activating group) is 1. The summed E-state index contributed by atoms with van der Waals surface area (Å²) in [5.74, 6) is 0.812. The van der Waals surface area contributed by atoms with Gasteiger partial charge in [0.15, 0.2) is 0 Å². The minimum absolute atomic E-state index is 0.129. The fourth-order valence-corrected chi connectivity index (χ4v) is 2.22. The predicted molar refractivity (Wildman–Crippen MR) is 84.4 cm³/mol. The first kappa shape index (κ1) is 16.1. The lowest BCUT2D eigenvalue weighted by Gasteiger charge is -2.32. The van der Waals surface area contributed by atoms with Crippen molar-refractivity contribution in [2.24, 2.45) is 0 Å². The van der Waals surface area contributed by atoms with E-state index in [0.717, 1.165) is 44.1 Å². The molecule has 118 valence electrons. The Kier molecular flexibility index (Phi) is 5.50. The number of hydrogen-bond donors (Lipinski definition) is 2. The summed E-state index contributed by atoms with van der Waals surface area (Å²) in [4.78, 5) is 13.5. The number of rotatable bonds is 6. The van der Waals surface area contributed by atoms with E-state index in [-0.39, 0.29) is 12.1 Å². The Labute approximate surface area is 127 Å². The van der Waals surface area contributed by atoms with Crippen molar-refractivity contribution in [1.29, 1.82) is 0 Å². The zero-order valence-electron chi connectivity index (χ0n) is 13.3. The Morgan fingerprint density at radius 2 is 1.86 bits per heavy atom. The average Bonchev–Trinajstić information content (AvgIpc) is 2.54. The Morgan fingerprint density at radius 3 is 2.38 bits per heavy atom. The van der Waals surface area contributed by atoms with Gasteiger partial charge < -0.3 is 20.2 Å². The molecule has 1 atom stereocenters. The van der Waals surface area contributed by atoms with Gasteiger partial charge in [-0.25, -0.2) is 9.97 Å². The van der Waals surface area contributed by atoms with Gasteiger partial charge in [0.25, 0.3) is 0 Å². The molecule has 1 aliphatic rings. The van der Waals surface area contributed by atoms with Crippen molar-refractivity contribution in [3.05, 3.63) is 18.0 Å². The Morgan fingerprint density at radius 1 is 1.24 bits per heavy atom. The van der Waals surface area contributed by atoms with Crippen LogP contribution in [0.3, 0.4) is 0 Å². The maximum Gasteiger partial charge on any atom is 0.225 e. The largest absolute Gasteiger partial charge is 0.394 e. The van der Waals surface area contributed by atoms with Crippen LogP contribution in [0.1, 0.15) is 25.8 Å². The number of hydrogen-bond acceptors (Lipinski definition) is 6. The van der Waals surface area contributed by atoms with Crippen molar-refractivity contribution in [3.8, 4) is 0 Å². The quantitative estimate of drug-likeness (QED) is 0.795. The number of aromatic nitrogens is 2. The molecular formula is C15H27N5O. The molecule has 1 fully saturated rings. The molecule has 0 saturated carbocycles. The molecule has 1 saturated heterocycles. The summed E-state index contributed by atoms with van der Waals surface area (Å²) in [5.41, 5.74) is 0.803. The molecule has 2 N–H and O–H groups in total. The third-order valence-corrected chi connectivity index (χ3v) is 4.33. The number of anilines is 1. The van der Waals surface area contributed by atoms with Crippen molar-refractivity contribution in [1.82, 2.24) is 20.2 Å². The molecule has 1 aliphatic heterocycles. The Bertz CT molecular complexity index is 424. The third-order valence-electron chi connectivity index (χ3n) is 4.33. The SMILES string of the molecule is CCC(C)(CO)NCc1cnc(N2CCN(C)CC2)nc1. The third kappa shape index (κ3) is 4.36.